The first-order valence-electron chi connectivity index (χ1n) is 6.67. The summed E-state index contributed by atoms with van der Waals surface area (Å²) in [5.41, 5.74) is 0. The average Bonchev–Trinajstić information content (AvgIpc) is 2.26. The molecule has 1 heterocycles. The van der Waals surface area contributed by atoms with Crippen molar-refractivity contribution in [3.05, 3.63) is 0 Å². The standard InChI is InChI=1S/C13H26N2O/c1-4-5-6-11(3)15-13(16)12-9-10(2)7-8-14-12/h10-12,14H,4-9H2,1-3H3,(H,15,16). The number of piperidine rings is 1. The van der Waals surface area contributed by atoms with Crippen LogP contribution >= 0.6 is 0 Å². The molecule has 0 aliphatic carbocycles. The second kappa shape index (κ2) is 6.89. The smallest absolute Gasteiger partial charge is 0.237 e. The maximum atomic E-state index is 11.9. The number of carbonyl (C=O) groups excluding carboxylic acids is 1. The molecular weight excluding hydrogens is 200 g/mol. The van der Waals surface area contributed by atoms with Crippen molar-refractivity contribution >= 4 is 5.91 Å². The summed E-state index contributed by atoms with van der Waals surface area (Å²) in [4.78, 5) is 11.9. The van der Waals surface area contributed by atoms with Gasteiger partial charge in [0.1, 0.15) is 0 Å². The largest absolute Gasteiger partial charge is 0.352 e. The molecular formula is C13H26N2O. The minimum atomic E-state index is 0.0350. The van der Waals surface area contributed by atoms with Gasteiger partial charge < -0.3 is 10.6 Å². The third kappa shape index (κ3) is 4.52. The summed E-state index contributed by atoms with van der Waals surface area (Å²) < 4.78 is 0. The van der Waals surface area contributed by atoms with Crippen LogP contribution in [0, 0.1) is 5.92 Å². The Kier molecular flexibility index (Phi) is 5.81. The van der Waals surface area contributed by atoms with Gasteiger partial charge in [-0.15, -0.1) is 0 Å². The molecule has 3 nitrogen and oxygen atoms in total. The van der Waals surface area contributed by atoms with Crippen LogP contribution < -0.4 is 10.6 Å². The molecule has 1 fully saturated rings. The van der Waals surface area contributed by atoms with E-state index in [2.05, 4.69) is 31.4 Å². The van der Waals surface area contributed by atoms with E-state index in [1.807, 2.05) is 0 Å². The Morgan fingerprint density at radius 3 is 2.94 bits per heavy atom. The Morgan fingerprint density at radius 1 is 1.56 bits per heavy atom. The molecule has 2 N–H and O–H groups in total. The molecule has 0 aromatic rings. The molecule has 0 aromatic carbocycles. The molecule has 0 spiro atoms. The number of unbranched alkanes of at least 4 members (excludes halogenated alkanes) is 1. The van der Waals surface area contributed by atoms with Crippen molar-refractivity contribution in [2.45, 2.75) is 65.0 Å². The Morgan fingerprint density at radius 2 is 2.31 bits per heavy atom. The Labute approximate surface area is 99.4 Å². The lowest BCUT2D eigenvalue weighted by Gasteiger charge is -2.28. The highest BCUT2D eigenvalue weighted by Crippen LogP contribution is 2.15. The van der Waals surface area contributed by atoms with Gasteiger partial charge in [-0.3, -0.25) is 4.79 Å². The molecule has 3 unspecified atom stereocenters. The highest BCUT2D eigenvalue weighted by Gasteiger charge is 2.24. The van der Waals surface area contributed by atoms with Crippen LogP contribution in [0.15, 0.2) is 0 Å². The predicted octanol–water partition coefficient (Wildman–Crippen LogP) is 2.07. The molecule has 1 amide bonds. The zero-order chi connectivity index (χ0) is 12.0. The van der Waals surface area contributed by atoms with Gasteiger partial charge in [0.05, 0.1) is 6.04 Å². The van der Waals surface area contributed by atoms with Crippen LogP contribution in [-0.2, 0) is 4.79 Å². The van der Waals surface area contributed by atoms with Crippen molar-refractivity contribution in [2.24, 2.45) is 5.92 Å². The third-order valence-corrected chi connectivity index (χ3v) is 3.36. The van der Waals surface area contributed by atoms with Crippen molar-refractivity contribution in [3.63, 3.8) is 0 Å². The molecule has 94 valence electrons. The molecule has 0 bridgehead atoms. The second-order valence-electron chi connectivity index (χ2n) is 5.19. The predicted molar refractivity (Wildman–Crippen MR) is 67.3 cm³/mol. The maximum Gasteiger partial charge on any atom is 0.237 e. The van der Waals surface area contributed by atoms with Crippen molar-refractivity contribution in [1.82, 2.24) is 10.6 Å². The van der Waals surface area contributed by atoms with E-state index in [4.69, 9.17) is 0 Å². The van der Waals surface area contributed by atoms with E-state index in [1.165, 1.54) is 19.3 Å². The van der Waals surface area contributed by atoms with Crippen LogP contribution in [0.1, 0.15) is 52.9 Å². The highest BCUT2D eigenvalue weighted by atomic mass is 16.2. The van der Waals surface area contributed by atoms with Gasteiger partial charge in [0.2, 0.25) is 5.91 Å². The molecule has 1 aliphatic heterocycles. The fourth-order valence-electron chi connectivity index (χ4n) is 2.23. The molecule has 0 saturated carbocycles. The van der Waals surface area contributed by atoms with Gasteiger partial charge in [-0.1, -0.05) is 26.7 Å². The minimum absolute atomic E-state index is 0.0350. The van der Waals surface area contributed by atoms with Gasteiger partial charge in [0.25, 0.3) is 0 Å². The van der Waals surface area contributed by atoms with Gasteiger partial charge in [-0.25, -0.2) is 0 Å². The van der Waals surface area contributed by atoms with Crippen LogP contribution in [0.4, 0.5) is 0 Å². The monoisotopic (exact) mass is 226 g/mol. The molecule has 0 aromatic heterocycles. The number of carbonyl (C=O) groups is 1. The summed E-state index contributed by atoms with van der Waals surface area (Å²) >= 11 is 0. The molecule has 16 heavy (non-hydrogen) atoms. The number of nitrogens with one attached hydrogen (secondary N) is 2. The topological polar surface area (TPSA) is 41.1 Å². The molecule has 0 radical (unpaired) electrons. The van der Waals surface area contributed by atoms with Crippen molar-refractivity contribution < 1.29 is 4.79 Å². The lowest BCUT2D eigenvalue weighted by Crippen LogP contribution is -2.50. The van der Waals surface area contributed by atoms with E-state index >= 15 is 0 Å². The van der Waals surface area contributed by atoms with Gasteiger partial charge in [-0.2, -0.15) is 0 Å². The van der Waals surface area contributed by atoms with Crippen molar-refractivity contribution in [2.75, 3.05) is 6.54 Å². The van der Waals surface area contributed by atoms with E-state index in [9.17, 15) is 4.79 Å². The quantitative estimate of drug-likeness (QED) is 0.753. The first kappa shape index (κ1) is 13.5. The minimum Gasteiger partial charge on any atom is -0.352 e. The summed E-state index contributed by atoms with van der Waals surface area (Å²) in [6, 6.07) is 0.347. The number of hydrogen-bond donors (Lipinski definition) is 2. The zero-order valence-corrected chi connectivity index (χ0v) is 10.9. The number of rotatable bonds is 5. The van der Waals surface area contributed by atoms with Gasteiger partial charge in [0, 0.05) is 6.04 Å². The SMILES string of the molecule is CCCCC(C)NC(=O)C1CC(C)CCN1. The van der Waals surface area contributed by atoms with Crippen LogP contribution in [0.25, 0.3) is 0 Å². The summed E-state index contributed by atoms with van der Waals surface area (Å²) in [7, 11) is 0. The van der Waals surface area contributed by atoms with Gasteiger partial charge in [-0.05, 0) is 38.6 Å². The normalized spacial score (nSPS) is 27.4. The van der Waals surface area contributed by atoms with Gasteiger partial charge >= 0.3 is 0 Å². The highest BCUT2D eigenvalue weighted by molar-refractivity contribution is 5.82. The van der Waals surface area contributed by atoms with E-state index in [-0.39, 0.29) is 11.9 Å². The molecule has 3 heteroatoms. The van der Waals surface area contributed by atoms with E-state index < -0.39 is 0 Å². The van der Waals surface area contributed by atoms with Crippen molar-refractivity contribution in [3.8, 4) is 0 Å². The van der Waals surface area contributed by atoms with E-state index in [0.717, 1.165) is 19.4 Å². The summed E-state index contributed by atoms with van der Waals surface area (Å²) in [6.45, 7) is 7.48. The fraction of sp³-hybridized carbons (Fsp3) is 0.923. The second-order valence-corrected chi connectivity index (χ2v) is 5.19. The lowest BCUT2D eigenvalue weighted by atomic mass is 9.93. The van der Waals surface area contributed by atoms with Crippen LogP contribution in [-0.4, -0.2) is 24.5 Å². The summed E-state index contributed by atoms with van der Waals surface area (Å²) in [5, 5.41) is 6.40. The van der Waals surface area contributed by atoms with Crippen LogP contribution in [0.3, 0.4) is 0 Å². The fourth-order valence-corrected chi connectivity index (χ4v) is 2.23. The van der Waals surface area contributed by atoms with Gasteiger partial charge in [0.15, 0.2) is 0 Å². The maximum absolute atomic E-state index is 11.9. The van der Waals surface area contributed by atoms with E-state index in [0.29, 0.717) is 12.0 Å². The Balaban J connectivity index is 2.27. The first-order chi connectivity index (χ1) is 7.63. The molecule has 1 rings (SSSR count). The molecule has 1 aliphatic rings. The van der Waals surface area contributed by atoms with Crippen LogP contribution in [0.5, 0.6) is 0 Å². The summed E-state index contributed by atoms with van der Waals surface area (Å²) in [6.07, 6.45) is 5.64. The zero-order valence-electron chi connectivity index (χ0n) is 10.9. The average molecular weight is 226 g/mol. The Hall–Kier alpha value is -0.570. The van der Waals surface area contributed by atoms with Crippen molar-refractivity contribution in [1.29, 1.82) is 0 Å². The van der Waals surface area contributed by atoms with Crippen LogP contribution in [0.2, 0.25) is 0 Å². The lowest BCUT2D eigenvalue weighted by molar-refractivity contribution is -0.124. The molecule has 3 atom stereocenters. The number of hydrogen-bond acceptors (Lipinski definition) is 2. The molecule has 1 saturated heterocycles. The summed E-state index contributed by atoms with van der Waals surface area (Å²) in [5.74, 6) is 0.859. The number of amides is 1. The third-order valence-electron chi connectivity index (χ3n) is 3.36. The Bertz CT molecular complexity index is 218. The van der Waals surface area contributed by atoms with E-state index in [1.54, 1.807) is 0 Å². The first-order valence-corrected chi connectivity index (χ1v) is 6.67.